The number of hydrogen-bond donors (Lipinski definition) is 2. The van der Waals surface area contributed by atoms with Crippen LogP contribution in [0.1, 0.15) is 17.0 Å². The van der Waals surface area contributed by atoms with Crippen LogP contribution in [0, 0.1) is 33.5 Å². The van der Waals surface area contributed by atoms with Crippen LogP contribution in [0.3, 0.4) is 0 Å². The number of nitriles is 2. The monoisotopic (exact) mass is 403 g/mol. The van der Waals surface area contributed by atoms with E-state index in [0.717, 1.165) is 22.6 Å². The fourth-order valence-electron chi connectivity index (χ4n) is 4.82. The Hall–Kier alpha value is -3.00. The van der Waals surface area contributed by atoms with Gasteiger partial charge in [-0.25, -0.2) is 4.99 Å². The molecule has 0 amide bonds. The Bertz CT molecular complexity index is 1070. The first-order chi connectivity index (χ1) is 14.1. The number of benzene rings is 2. The van der Waals surface area contributed by atoms with Crippen LogP contribution in [-0.2, 0) is 11.3 Å². The summed E-state index contributed by atoms with van der Waals surface area (Å²) in [4.78, 5) is 3.13. The Balaban J connectivity index is 1.44. The molecule has 1 spiro atoms. The lowest BCUT2D eigenvalue weighted by Gasteiger charge is -2.23. The normalized spacial score (nSPS) is 34.1. The third-order valence-corrected chi connectivity index (χ3v) is 7.48. The van der Waals surface area contributed by atoms with Gasteiger partial charge in [-0.05, 0) is 23.3 Å². The maximum Gasteiger partial charge on any atom is 0.277 e. The van der Waals surface area contributed by atoms with Gasteiger partial charge in [0, 0.05) is 11.7 Å². The fourth-order valence-corrected chi connectivity index (χ4v) is 6.17. The van der Waals surface area contributed by atoms with Gasteiger partial charge in [-0.1, -0.05) is 54.2 Å². The second kappa shape index (κ2) is 6.25. The van der Waals surface area contributed by atoms with E-state index < -0.39 is 15.9 Å². The summed E-state index contributed by atoms with van der Waals surface area (Å²) in [5, 5.41) is 19.3. The highest BCUT2D eigenvalue weighted by Gasteiger charge is 2.96. The minimum absolute atomic E-state index is 0.324. The summed E-state index contributed by atoms with van der Waals surface area (Å²) in [5.74, 6) is 1.46. The van der Waals surface area contributed by atoms with Gasteiger partial charge in [0.1, 0.15) is 12.4 Å². The molecule has 0 bridgehead atoms. The molecule has 2 aliphatic heterocycles. The Morgan fingerprint density at radius 2 is 1.90 bits per heavy atom. The number of thioether (sulfide) groups is 1. The Labute approximate surface area is 172 Å². The van der Waals surface area contributed by atoms with Crippen molar-refractivity contribution in [2.45, 2.75) is 17.6 Å². The Morgan fingerprint density at radius 1 is 1.14 bits per heavy atom. The summed E-state index contributed by atoms with van der Waals surface area (Å²) in [6.07, 6.45) is 0. The fraction of sp³-hybridized carbons (Fsp3) is 0.318. The van der Waals surface area contributed by atoms with Crippen LogP contribution in [0.25, 0.3) is 0 Å². The molecule has 4 atom stereocenters. The average molecular weight is 403 g/mol. The van der Waals surface area contributed by atoms with Crippen molar-refractivity contribution < 1.29 is 14.5 Å². The van der Waals surface area contributed by atoms with E-state index in [-0.39, 0.29) is 5.92 Å². The van der Waals surface area contributed by atoms with Crippen molar-refractivity contribution in [1.82, 2.24) is 0 Å². The number of fused-ring (bicyclic) bond motifs is 2. The molecule has 1 saturated heterocycles. The lowest BCUT2D eigenvalue weighted by Crippen LogP contribution is -2.88. The molecule has 2 aromatic carbocycles. The number of ether oxygens (including phenoxy) is 2. The largest absolute Gasteiger partial charge is 0.489 e. The molecule has 29 heavy (non-hydrogen) atoms. The first-order valence-electron chi connectivity index (χ1n) is 9.42. The zero-order chi connectivity index (χ0) is 20.1. The number of hydrogen-bond acceptors (Lipinski definition) is 6. The third-order valence-electron chi connectivity index (χ3n) is 6.16. The molecule has 1 saturated carbocycles. The highest BCUT2D eigenvalue weighted by atomic mass is 32.2. The molecule has 3 aliphatic rings. The zero-order valence-electron chi connectivity index (χ0n) is 15.6. The van der Waals surface area contributed by atoms with Gasteiger partial charge in [0.2, 0.25) is 0 Å². The Kier molecular flexibility index (Phi) is 3.89. The maximum absolute atomic E-state index is 10.2. The van der Waals surface area contributed by atoms with E-state index in [1.165, 1.54) is 11.8 Å². The van der Waals surface area contributed by atoms with Crippen LogP contribution in [0.15, 0.2) is 54.6 Å². The molecule has 0 aromatic heterocycles. The first-order valence-corrected chi connectivity index (χ1v) is 10.4. The molecule has 1 aliphatic carbocycles. The van der Waals surface area contributed by atoms with E-state index in [0.29, 0.717) is 19.0 Å². The molecule has 0 unspecified atom stereocenters. The molecule has 6 nitrogen and oxygen atoms in total. The molecule has 3 N–H and O–H groups in total. The van der Waals surface area contributed by atoms with Crippen molar-refractivity contribution in [1.29, 1.82) is 10.5 Å². The van der Waals surface area contributed by atoms with E-state index in [2.05, 4.69) is 17.1 Å². The standard InChI is InChI=1S/C22H18N4O2S/c23-13-20-18(21(20,14-24)22(26-19(20)25)28-10-11-29-22)16-6-8-17(9-7-16)27-12-15-4-2-1-3-5-15/h1-9,18H,10-12H2,(H2,25,26)/p+1/t18-,20+,21+,22+/m0/s1. The second-order valence-corrected chi connectivity index (χ2v) is 8.74. The molecule has 144 valence electrons. The molecule has 7 heteroatoms. The van der Waals surface area contributed by atoms with Gasteiger partial charge in [0.05, 0.1) is 18.7 Å². The van der Waals surface area contributed by atoms with Gasteiger partial charge < -0.3 is 9.47 Å². The highest BCUT2D eigenvalue weighted by molar-refractivity contribution is 8.00. The van der Waals surface area contributed by atoms with E-state index in [1.807, 2.05) is 54.6 Å². The molecule has 2 heterocycles. The van der Waals surface area contributed by atoms with Gasteiger partial charge >= 0.3 is 0 Å². The van der Waals surface area contributed by atoms with Crippen LogP contribution in [0.2, 0.25) is 0 Å². The topological polar surface area (TPSA) is 106 Å². The van der Waals surface area contributed by atoms with Gasteiger partial charge in [-0.2, -0.15) is 10.5 Å². The lowest BCUT2D eigenvalue weighted by molar-refractivity contribution is -0.583. The predicted octanol–water partition coefficient (Wildman–Crippen LogP) is 1.25. The maximum atomic E-state index is 10.2. The van der Waals surface area contributed by atoms with E-state index in [9.17, 15) is 10.5 Å². The molecular weight excluding hydrogens is 384 g/mol. The summed E-state index contributed by atoms with van der Waals surface area (Å²) in [5.41, 5.74) is 6.10. The van der Waals surface area contributed by atoms with Crippen molar-refractivity contribution in [2.24, 2.45) is 16.6 Å². The predicted molar refractivity (Wildman–Crippen MR) is 107 cm³/mol. The third kappa shape index (κ3) is 2.17. The van der Waals surface area contributed by atoms with Crippen molar-refractivity contribution >= 4 is 17.6 Å². The van der Waals surface area contributed by atoms with Crippen LogP contribution >= 0.6 is 11.8 Å². The van der Waals surface area contributed by atoms with Crippen LogP contribution in [-0.4, -0.2) is 23.3 Å². The number of nitrogens with one attached hydrogen (secondary N) is 1. The summed E-state index contributed by atoms with van der Waals surface area (Å²) < 4.78 is 11.8. The van der Waals surface area contributed by atoms with Crippen molar-refractivity contribution in [3.05, 3.63) is 65.7 Å². The number of nitrogens with two attached hydrogens (primary N) is 1. The summed E-state index contributed by atoms with van der Waals surface area (Å²) in [6, 6.07) is 22.3. The molecule has 2 aromatic rings. The van der Waals surface area contributed by atoms with Crippen LogP contribution in [0.4, 0.5) is 0 Å². The summed E-state index contributed by atoms with van der Waals surface area (Å²) >= 11 is 1.52. The Morgan fingerprint density at radius 3 is 2.52 bits per heavy atom. The second-order valence-electron chi connectivity index (χ2n) is 7.47. The number of amidine groups is 1. The average Bonchev–Trinajstić information content (AvgIpc) is 3.01. The summed E-state index contributed by atoms with van der Waals surface area (Å²) in [7, 11) is 0. The van der Waals surface area contributed by atoms with Crippen molar-refractivity contribution in [2.75, 3.05) is 12.4 Å². The summed E-state index contributed by atoms with van der Waals surface area (Å²) in [6.45, 7) is 1.00. The SMILES string of the molecule is N#C[C@@]12[C@@H](c3ccc(OCc4ccccc4)cc3)[C@]1(C#N)C(N)=[NH+][C@@]21OCCS1. The van der Waals surface area contributed by atoms with Gasteiger partial charge in [-0.15, -0.1) is 0 Å². The van der Waals surface area contributed by atoms with Crippen molar-refractivity contribution in [3.63, 3.8) is 0 Å². The van der Waals surface area contributed by atoms with Gasteiger partial charge in [0.15, 0.2) is 10.8 Å². The van der Waals surface area contributed by atoms with Gasteiger partial charge in [0.25, 0.3) is 10.9 Å². The van der Waals surface area contributed by atoms with Crippen LogP contribution in [0.5, 0.6) is 5.75 Å². The smallest absolute Gasteiger partial charge is 0.277 e. The number of nitrogens with zero attached hydrogens (tertiary/aromatic N) is 2. The molecule has 5 rings (SSSR count). The van der Waals surface area contributed by atoms with Gasteiger partial charge in [-0.3, -0.25) is 5.73 Å². The number of rotatable bonds is 4. The zero-order valence-corrected chi connectivity index (χ0v) is 16.4. The van der Waals surface area contributed by atoms with Crippen molar-refractivity contribution in [3.8, 4) is 17.9 Å². The first kappa shape index (κ1) is 18.1. The minimum atomic E-state index is -1.09. The van der Waals surface area contributed by atoms with E-state index in [1.54, 1.807) is 0 Å². The van der Waals surface area contributed by atoms with E-state index in [4.69, 9.17) is 15.2 Å². The van der Waals surface area contributed by atoms with E-state index >= 15 is 0 Å². The minimum Gasteiger partial charge on any atom is -0.489 e. The quantitative estimate of drug-likeness (QED) is 0.796. The highest BCUT2D eigenvalue weighted by Crippen LogP contribution is 2.80. The van der Waals surface area contributed by atoms with Crippen LogP contribution < -0.4 is 15.5 Å². The molecular formula is C22H19N4O2S+. The lowest BCUT2D eigenvalue weighted by atomic mass is 9.95. The molecule has 0 radical (unpaired) electrons. The molecule has 2 fully saturated rings.